The van der Waals surface area contributed by atoms with Crippen molar-refractivity contribution in [1.29, 1.82) is 0 Å². The van der Waals surface area contributed by atoms with Gasteiger partial charge >= 0.3 is 0 Å². The van der Waals surface area contributed by atoms with Crippen LogP contribution in [0.5, 0.6) is 0 Å². The summed E-state index contributed by atoms with van der Waals surface area (Å²) in [7, 11) is 0. The number of hydrogen-bond donors (Lipinski definition) is 1. The lowest BCUT2D eigenvalue weighted by atomic mass is 10.1. The van der Waals surface area contributed by atoms with Crippen LogP contribution in [0.3, 0.4) is 0 Å². The van der Waals surface area contributed by atoms with Crippen molar-refractivity contribution < 1.29 is 0 Å². The molecule has 0 radical (unpaired) electrons. The van der Waals surface area contributed by atoms with Crippen LogP contribution in [0.15, 0.2) is 48.7 Å². The quantitative estimate of drug-likeness (QED) is 0.865. The maximum Gasteiger partial charge on any atom is 0.0372 e. The monoisotopic (exact) mass is 226 g/mol. The standard InChI is InChI=1S/C15H18N2/c1-12-8-9-14(10-16-12)11-17-13(2)15-6-4-3-5-7-15/h3-10,13,17H,11H2,1-2H3. The van der Waals surface area contributed by atoms with Crippen LogP contribution < -0.4 is 5.32 Å². The average molecular weight is 226 g/mol. The van der Waals surface area contributed by atoms with E-state index in [9.17, 15) is 0 Å². The van der Waals surface area contributed by atoms with Crippen molar-refractivity contribution >= 4 is 0 Å². The van der Waals surface area contributed by atoms with E-state index in [2.05, 4.69) is 47.6 Å². The van der Waals surface area contributed by atoms with Crippen molar-refractivity contribution in [3.63, 3.8) is 0 Å². The first-order chi connectivity index (χ1) is 8.25. The molecule has 1 atom stereocenters. The second kappa shape index (κ2) is 5.60. The zero-order chi connectivity index (χ0) is 12.1. The lowest BCUT2D eigenvalue weighted by Crippen LogP contribution is -2.18. The van der Waals surface area contributed by atoms with E-state index in [-0.39, 0.29) is 0 Å². The van der Waals surface area contributed by atoms with Crippen LogP contribution in [0.25, 0.3) is 0 Å². The van der Waals surface area contributed by atoms with Crippen molar-refractivity contribution in [3.8, 4) is 0 Å². The van der Waals surface area contributed by atoms with Crippen LogP contribution in [-0.4, -0.2) is 4.98 Å². The number of nitrogens with zero attached hydrogens (tertiary/aromatic N) is 1. The fourth-order valence-corrected chi connectivity index (χ4v) is 1.73. The van der Waals surface area contributed by atoms with E-state index < -0.39 is 0 Å². The summed E-state index contributed by atoms with van der Waals surface area (Å²) in [5.74, 6) is 0. The molecule has 0 saturated carbocycles. The fourth-order valence-electron chi connectivity index (χ4n) is 1.73. The van der Waals surface area contributed by atoms with Crippen LogP contribution in [0, 0.1) is 6.92 Å². The molecule has 1 aromatic carbocycles. The van der Waals surface area contributed by atoms with Crippen molar-refractivity contribution in [3.05, 3.63) is 65.5 Å². The highest BCUT2D eigenvalue weighted by atomic mass is 14.9. The Morgan fingerprint density at radius 1 is 1.12 bits per heavy atom. The van der Waals surface area contributed by atoms with Gasteiger partial charge in [-0.3, -0.25) is 4.98 Å². The summed E-state index contributed by atoms with van der Waals surface area (Å²) in [6.07, 6.45) is 1.93. The van der Waals surface area contributed by atoms with E-state index in [1.54, 1.807) is 0 Å². The van der Waals surface area contributed by atoms with Crippen LogP contribution in [-0.2, 0) is 6.54 Å². The van der Waals surface area contributed by atoms with E-state index >= 15 is 0 Å². The molecule has 0 saturated heterocycles. The fraction of sp³-hybridized carbons (Fsp3) is 0.267. The smallest absolute Gasteiger partial charge is 0.0372 e. The van der Waals surface area contributed by atoms with Crippen LogP contribution in [0.2, 0.25) is 0 Å². The topological polar surface area (TPSA) is 24.9 Å². The Kier molecular flexibility index (Phi) is 3.89. The number of hydrogen-bond acceptors (Lipinski definition) is 2. The highest BCUT2D eigenvalue weighted by Crippen LogP contribution is 2.12. The van der Waals surface area contributed by atoms with Crippen LogP contribution in [0.1, 0.15) is 29.8 Å². The molecule has 0 aliphatic carbocycles. The summed E-state index contributed by atoms with van der Waals surface area (Å²) >= 11 is 0. The minimum atomic E-state index is 0.359. The third-order valence-corrected chi connectivity index (χ3v) is 2.88. The number of aryl methyl sites for hydroxylation is 1. The molecule has 2 heteroatoms. The molecule has 1 heterocycles. The van der Waals surface area contributed by atoms with Gasteiger partial charge in [-0.05, 0) is 31.0 Å². The molecule has 0 spiro atoms. The Bertz CT molecular complexity index is 448. The predicted molar refractivity (Wildman–Crippen MR) is 70.7 cm³/mol. The molecule has 1 N–H and O–H groups in total. The molecule has 17 heavy (non-hydrogen) atoms. The SMILES string of the molecule is Cc1ccc(CNC(C)c2ccccc2)cn1. The van der Waals surface area contributed by atoms with Crippen molar-refractivity contribution in [1.82, 2.24) is 10.3 Å². The highest BCUT2D eigenvalue weighted by Gasteiger charge is 2.03. The second-order valence-corrected chi connectivity index (χ2v) is 4.32. The lowest BCUT2D eigenvalue weighted by molar-refractivity contribution is 0.574. The first kappa shape index (κ1) is 11.8. The Balaban J connectivity index is 1.92. The summed E-state index contributed by atoms with van der Waals surface area (Å²) in [5.41, 5.74) is 3.59. The normalized spacial score (nSPS) is 12.4. The van der Waals surface area contributed by atoms with E-state index in [0.29, 0.717) is 6.04 Å². The Labute approximate surface area is 103 Å². The van der Waals surface area contributed by atoms with Gasteiger partial charge in [-0.1, -0.05) is 36.4 Å². The van der Waals surface area contributed by atoms with Crippen molar-refractivity contribution in [2.45, 2.75) is 26.4 Å². The van der Waals surface area contributed by atoms with E-state index in [1.807, 2.05) is 25.3 Å². The van der Waals surface area contributed by atoms with Gasteiger partial charge in [-0.2, -0.15) is 0 Å². The molecule has 1 unspecified atom stereocenters. The molecule has 2 aromatic rings. The molecule has 0 amide bonds. The van der Waals surface area contributed by atoms with Gasteiger partial charge < -0.3 is 5.32 Å². The largest absolute Gasteiger partial charge is 0.306 e. The van der Waals surface area contributed by atoms with E-state index in [1.165, 1.54) is 11.1 Å². The molecule has 88 valence electrons. The average Bonchev–Trinajstić information content (AvgIpc) is 2.39. The third kappa shape index (κ3) is 3.40. The summed E-state index contributed by atoms with van der Waals surface area (Å²) in [6.45, 7) is 5.03. The molecule has 2 rings (SSSR count). The Morgan fingerprint density at radius 3 is 2.53 bits per heavy atom. The molecule has 0 fully saturated rings. The Morgan fingerprint density at radius 2 is 1.88 bits per heavy atom. The molecule has 2 nitrogen and oxygen atoms in total. The summed E-state index contributed by atoms with van der Waals surface area (Å²) in [4.78, 5) is 4.29. The van der Waals surface area contributed by atoms with E-state index in [4.69, 9.17) is 0 Å². The molecule has 1 aromatic heterocycles. The van der Waals surface area contributed by atoms with Gasteiger partial charge in [-0.15, -0.1) is 0 Å². The molecular formula is C15H18N2. The van der Waals surface area contributed by atoms with Crippen LogP contribution in [0.4, 0.5) is 0 Å². The minimum absolute atomic E-state index is 0.359. The maximum absolute atomic E-state index is 4.29. The minimum Gasteiger partial charge on any atom is -0.306 e. The summed E-state index contributed by atoms with van der Waals surface area (Å²) < 4.78 is 0. The molecular weight excluding hydrogens is 208 g/mol. The third-order valence-electron chi connectivity index (χ3n) is 2.88. The number of rotatable bonds is 4. The van der Waals surface area contributed by atoms with Gasteiger partial charge in [0.2, 0.25) is 0 Å². The van der Waals surface area contributed by atoms with Crippen molar-refractivity contribution in [2.75, 3.05) is 0 Å². The predicted octanol–water partition coefficient (Wildman–Crippen LogP) is 3.24. The number of aromatic nitrogens is 1. The van der Waals surface area contributed by atoms with Gasteiger partial charge in [-0.25, -0.2) is 0 Å². The van der Waals surface area contributed by atoms with Crippen LogP contribution >= 0.6 is 0 Å². The molecule has 0 aliphatic heterocycles. The molecule has 0 bridgehead atoms. The summed E-state index contributed by atoms with van der Waals surface area (Å²) in [5, 5.41) is 3.49. The number of pyridine rings is 1. The van der Waals surface area contributed by atoms with Gasteiger partial charge in [0.25, 0.3) is 0 Å². The maximum atomic E-state index is 4.29. The van der Waals surface area contributed by atoms with Gasteiger partial charge in [0, 0.05) is 24.5 Å². The van der Waals surface area contributed by atoms with E-state index in [0.717, 1.165) is 12.2 Å². The second-order valence-electron chi connectivity index (χ2n) is 4.32. The van der Waals surface area contributed by atoms with Gasteiger partial charge in [0.15, 0.2) is 0 Å². The zero-order valence-electron chi connectivity index (χ0n) is 10.4. The van der Waals surface area contributed by atoms with Gasteiger partial charge in [0.05, 0.1) is 0 Å². The van der Waals surface area contributed by atoms with Crippen molar-refractivity contribution in [2.24, 2.45) is 0 Å². The number of benzene rings is 1. The van der Waals surface area contributed by atoms with Gasteiger partial charge in [0.1, 0.15) is 0 Å². The number of nitrogens with one attached hydrogen (secondary N) is 1. The zero-order valence-corrected chi connectivity index (χ0v) is 10.4. The first-order valence-electron chi connectivity index (χ1n) is 5.95. The highest BCUT2D eigenvalue weighted by molar-refractivity contribution is 5.19. The first-order valence-corrected chi connectivity index (χ1v) is 5.95. The summed E-state index contributed by atoms with van der Waals surface area (Å²) in [6, 6.07) is 15.0. The molecule has 0 aliphatic rings. The lowest BCUT2D eigenvalue weighted by Gasteiger charge is -2.14. The Hall–Kier alpha value is -1.67.